The minimum atomic E-state index is -0.602. The van der Waals surface area contributed by atoms with Crippen molar-refractivity contribution in [3.63, 3.8) is 0 Å². The van der Waals surface area contributed by atoms with Crippen molar-refractivity contribution in [3.8, 4) is 0 Å². The second-order valence-corrected chi connectivity index (χ2v) is 7.99. The molecular formula is C16H20Cl2N2O3S. The van der Waals surface area contributed by atoms with Gasteiger partial charge in [0.05, 0.1) is 29.9 Å². The van der Waals surface area contributed by atoms with Gasteiger partial charge < -0.3 is 10.1 Å². The lowest BCUT2D eigenvalue weighted by atomic mass is 10.1. The Morgan fingerprint density at radius 1 is 1.38 bits per heavy atom. The fraction of sp³-hybridized carbons (Fsp3) is 0.500. The normalized spacial score (nSPS) is 18.8. The van der Waals surface area contributed by atoms with Crippen LogP contribution in [-0.4, -0.2) is 54.5 Å². The van der Waals surface area contributed by atoms with Crippen molar-refractivity contribution in [1.82, 2.24) is 4.90 Å². The lowest BCUT2D eigenvalue weighted by molar-refractivity contribution is -0.117. The molecule has 1 atom stereocenters. The van der Waals surface area contributed by atoms with E-state index in [1.54, 1.807) is 0 Å². The summed E-state index contributed by atoms with van der Waals surface area (Å²) in [6.07, 6.45) is 1.05. The van der Waals surface area contributed by atoms with Crippen molar-refractivity contribution in [3.05, 3.63) is 27.7 Å². The lowest BCUT2D eigenvalue weighted by Crippen LogP contribution is -2.35. The van der Waals surface area contributed by atoms with E-state index in [0.717, 1.165) is 25.3 Å². The third-order valence-electron chi connectivity index (χ3n) is 3.75. The standard InChI is InChI=1S/C16H20Cl2N2O3S/c1-10-3-4-20(5-6-24-10)9-14(21)19-15-12(16(22)23-2)7-11(17)8-13(15)18/h7-8,10H,3-6,9H2,1-2H3,(H,19,21). The summed E-state index contributed by atoms with van der Waals surface area (Å²) in [5.41, 5.74) is 0.374. The molecule has 0 saturated carbocycles. The summed E-state index contributed by atoms with van der Waals surface area (Å²) in [5.74, 6) is 0.183. The molecular weight excluding hydrogens is 371 g/mol. The number of halogens is 2. The zero-order valence-electron chi connectivity index (χ0n) is 13.6. The predicted molar refractivity (Wildman–Crippen MR) is 99.4 cm³/mol. The molecule has 2 rings (SSSR count). The second-order valence-electron chi connectivity index (χ2n) is 5.60. The van der Waals surface area contributed by atoms with Gasteiger partial charge in [-0.1, -0.05) is 30.1 Å². The fourth-order valence-corrected chi connectivity index (χ4v) is 4.03. The molecule has 0 radical (unpaired) electrons. The van der Waals surface area contributed by atoms with Crippen LogP contribution in [0.2, 0.25) is 10.0 Å². The number of amides is 1. The Morgan fingerprint density at radius 3 is 2.83 bits per heavy atom. The van der Waals surface area contributed by atoms with Gasteiger partial charge >= 0.3 is 5.97 Å². The first-order chi connectivity index (χ1) is 11.4. The highest BCUT2D eigenvalue weighted by Crippen LogP contribution is 2.31. The van der Waals surface area contributed by atoms with Crippen LogP contribution in [0.4, 0.5) is 5.69 Å². The SMILES string of the molecule is COC(=O)c1cc(Cl)cc(Cl)c1NC(=O)CN1CCSC(C)CC1. The van der Waals surface area contributed by atoms with Crippen LogP contribution in [0, 0.1) is 0 Å². The quantitative estimate of drug-likeness (QED) is 0.796. The Bertz CT molecular complexity index is 628. The number of anilines is 1. The van der Waals surface area contributed by atoms with Gasteiger partial charge in [-0.25, -0.2) is 4.79 Å². The summed E-state index contributed by atoms with van der Waals surface area (Å²) in [4.78, 5) is 26.4. The van der Waals surface area contributed by atoms with E-state index < -0.39 is 5.97 Å². The number of nitrogens with one attached hydrogen (secondary N) is 1. The highest BCUT2D eigenvalue weighted by atomic mass is 35.5. The molecule has 1 aliphatic heterocycles. The number of carbonyl (C=O) groups excluding carboxylic acids is 2. The van der Waals surface area contributed by atoms with Crippen molar-refractivity contribution < 1.29 is 14.3 Å². The Balaban J connectivity index is 2.09. The van der Waals surface area contributed by atoms with Crippen LogP contribution in [-0.2, 0) is 9.53 Å². The van der Waals surface area contributed by atoms with Crippen molar-refractivity contribution in [2.45, 2.75) is 18.6 Å². The maximum absolute atomic E-state index is 12.4. The zero-order chi connectivity index (χ0) is 17.7. The van der Waals surface area contributed by atoms with Crippen LogP contribution in [0.3, 0.4) is 0 Å². The van der Waals surface area contributed by atoms with Crippen LogP contribution in [0.25, 0.3) is 0 Å². The van der Waals surface area contributed by atoms with Crippen LogP contribution < -0.4 is 5.32 Å². The van der Waals surface area contributed by atoms with E-state index in [9.17, 15) is 9.59 Å². The van der Waals surface area contributed by atoms with Gasteiger partial charge in [0.1, 0.15) is 0 Å². The fourth-order valence-electron chi connectivity index (χ4n) is 2.45. The summed E-state index contributed by atoms with van der Waals surface area (Å²) in [6.45, 7) is 4.19. The number of carbonyl (C=O) groups is 2. The molecule has 8 heteroatoms. The predicted octanol–water partition coefficient (Wildman–Crippen LogP) is 3.55. The van der Waals surface area contributed by atoms with E-state index in [1.807, 2.05) is 11.8 Å². The first-order valence-electron chi connectivity index (χ1n) is 7.62. The molecule has 1 aromatic rings. The van der Waals surface area contributed by atoms with Gasteiger partial charge in [0.15, 0.2) is 0 Å². The molecule has 1 N–H and O–H groups in total. The molecule has 0 aromatic heterocycles. The van der Waals surface area contributed by atoms with Crippen molar-refractivity contribution in [2.24, 2.45) is 0 Å². The van der Waals surface area contributed by atoms with Crippen LogP contribution in [0.15, 0.2) is 12.1 Å². The molecule has 1 aromatic carbocycles. The molecule has 0 aliphatic carbocycles. The van der Waals surface area contributed by atoms with Gasteiger partial charge in [0.25, 0.3) is 0 Å². The molecule has 1 amide bonds. The number of hydrogen-bond acceptors (Lipinski definition) is 5. The number of nitrogens with zero attached hydrogens (tertiary/aromatic N) is 1. The summed E-state index contributed by atoms with van der Waals surface area (Å²) in [6, 6.07) is 2.91. The smallest absolute Gasteiger partial charge is 0.340 e. The molecule has 5 nitrogen and oxygen atoms in total. The average molecular weight is 391 g/mol. The van der Waals surface area contributed by atoms with Crippen molar-refractivity contribution in [1.29, 1.82) is 0 Å². The van der Waals surface area contributed by atoms with Crippen molar-refractivity contribution >= 4 is 52.5 Å². The Morgan fingerprint density at radius 2 is 2.12 bits per heavy atom. The van der Waals surface area contributed by atoms with Gasteiger partial charge in [-0.05, 0) is 25.1 Å². The topological polar surface area (TPSA) is 58.6 Å². The molecule has 24 heavy (non-hydrogen) atoms. The van der Waals surface area contributed by atoms with E-state index in [0.29, 0.717) is 10.3 Å². The number of ether oxygens (including phenoxy) is 1. The average Bonchev–Trinajstić information content (AvgIpc) is 2.73. The van der Waals surface area contributed by atoms with Gasteiger partial charge in [-0.2, -0.15) is 11.8 Å². The van der Waals surface area contributed by atoms with Gasteiger partial charge in [0.2, 0.25) is 5.91 Å². The van der Waals surface area contributed by atoms with E-state index >= 15 is 0 Å². The number of thioether (sulfide) groups is 1. The number of hydrogen-bond donors (Lipinski definition) is 1. The summed E-state index contributed by atoms with van der Waals surface area (Å²) in [7, 11) is 1.26. The molecule has 1 heterocycles. The molecule has 1 aliphatic rings. The summed E-state index contributed by atoms with van der Waals surface area (Å²) >= 11 is 14.0. The highest BCUT2D eigenvalue weighted by molar-refractivity contribution is 7.99. The third-order valence-corrected chi connectivity index (χ3v) is 5.49. The van der Waals surface area contributed by atoms with Gasteiger partial charge in [-0.15, -0.1) is 0 Å². The molecule has 1 saturated heterocycles. The maximum atomic E-state index is 12.4. The minimum absolute atomic E-state index is 0.142. The van der Waals surface area contributed by atoms with Crippen LogP contribution >= 0.6 is 35.0 Å². The van der Waals surface area contributed by atoms with Crippen LogP contribution in [0.5, 0.6) is 0 Å². The zero-order valence-corrected chi connectivity index (χ0v) is 15.9. The van der Waals surface area contributed by atoms with Crippen LogP contribution in [0.1, 0.15) is 23.7 Å². The van der Waals surface area contributed by atoms with E-state index in [-0.39, 0.29) is 28.7 Å². The van der Waals surface area contributed by atoms with E-state index in [2.05, 4.69) is 17.1 Å². The number of benzene rings is 1. The molecule has 132 valence electrons. The van der Waals surface area contributed by atoms with E-state index in [4.69, 9.17) is 27.9 Å². The minimum Gasteiger partial charge on any atom is -0.465 e. The second kappa shape index (κ2) is 8.94. The maximum Gasteiger partial charge on any atom is 0.340 e. The monoisotopic (exact) mass is 390 g/mol. The molecule has 0 spiro atoms. The highest BCUT2D eigenvalue weighted by Gasteiger charge is 2.21. The van der Waals surface area contributed by atoms with Gasteiger partial charge in [-0.3, -0.25) is 9.69 Å². The Labute approximate surface area is 156 Å². The Hall–Kier alpha value is -0.950. The molecule has 1 unspecified atom stereocenters. The lowest BCUT2D eigenvalue weighted by Gasteiger charge is -2.20. The first-order valence-corrected chi connectivity index (χ1v) is 9.42. The number of methoxy groups -OCH3 is 1. The largest absolute Gasteiger partial charge is 0.465 e. The summed E-state index contributed by atoms with van der Waals surface area (Å²) in [5, 5.41) is 3.84. The third kappa shape index (κ3) is 5.28. The Kier molecular flexibility index (Phi) is 7.22. The molecule has 0 bridgehead atoms. The number of rotatable bonds is 4. The summed E-state index contributed by atoms with van der Waals surface area (Å²) < 4.78 is 4.73. The van der Waals surface area contributed by atoms with Gasteiger partial charge in [0, 0.05) is 22.6 Å². The van der Waals surface area contributed by atoms with Crippen molar-refractivity contribution in [2.75, 3.05) is 37.8 Å². The van der Waals surface area contributed by atoms with E-state index in [1.165, 1.54) is 19.2 Å². The number of esters is 1. The molecule has 1 fully saturated rings. The first kappa shape index (κ1) is 19.4.